The van der Waals surface area contributed by atoms with Crippen molar-refractivity contribution in [1.82, 2.24) is 0 Å². The number of aryl methyl sites for hydroxylation is 2. The van der Waals surface area contributed by atoms with Gasteiger partial charge in [-0.2, -0.15) is 30.9 Å². The Morgan fingerprint density at radius 3 is 2.11 bits per heavy atom. The monoisotopic (exact) mass is 791 g/mol. The van der Waals surface area contributed by atoms with E-state index in [-0.39, 0.29) is 15.1 Å². The molecule has 0 saturated heterocycles. The average molecular weight is 792 g/mol. The van der Waals surface area contributed by atoms with E-state index in [4.69, 9.17) is 0 Å². The van der Waals surface area contributed by atoms with Crippen LogP contribution < -0.4 is 10.1 Å². The third kappa shape index (κ3) is 7.77. The van der Waals surface area contributed by atoms with Crippen LogP contribution in [-0.2, 0) is 9.84 Å². The molecule has 0 aromatic heterocycles. The first-order valence-electron chi connectivity index (χ1n) is 17.6. The number of hydrogen-bond donors (Lipinski definition) is 0. The second kappa shape index (κ2) is 15.3. The predicted molar refractivity (Wildman–Crippen MR) is 206 cm³/mol. The van der Waals surface area contributed by atoms with E-state index in [1.165, 1.54) is 18.2 Å². The van der Waals surface area contributed by atoms with Crippen LogP contribution in [0.25, 0.3) is 5.57 Å². The van der Waals surface area contributed by atoms with Crippen LogP contribution in [0.1, 0.15) is 52.9 Å². The quantitative estimate of drug-likeness (QED) is 0.0696. The Bertz CT molecular complexity index is 2410. The highest BCUT2D eigenvalue weighted by Gasteiger charge is 2.56. The van der Waals surface area contributed by atoms with Gasteiger partial charge in [-0.3, -0.25) is 4.79 Å². The maximum Gasteiger partial charge on any atom is 0.498 e. The highest BCUT2D eigenvalue weighted by molar-refractivity contribution is 7.93. The second-order valence-corrected chi connectivity index (χ2v) is 16.7. The van der Waals surface area contributed by atoms with E-state index in [1.807, 2.05) is 113 Å². The van der Waals surface area contributed by atoms with Crippen LogP contribution in [0.15, 0.2) is 120 Å². The summed E-state index contributed by atoms with van der Waals surface area (Å²) in [4.78, 5) is 16.1. The summed E-state index contributed by atoms with van der Waals surface area (Å²) >= 11 is 0. The van der Waals surface area contributed by atoms with Crippen LogP contribution in [-0.4, -0.2) is 64.0 Å². The highest BCUT2D eigenvalue weighted by atomic mass is 32.2. The first-order valence-corrected chi connectivity index (χ1v) is 20.1. The lowest BCUT2D eigenvalue weighted by Gasteiger charge is -2.30. The summed E-state index contributed by atoms with van der Waals surface area (Å²) in [5.41, 5.74) is 0.849. The molecule has 2 radical (unpaired) electrons. The molecule has 1 heterocycles. The molecule has 284 valence electrons. The third-order valence-electron chi connectivity index (χ3n) is 9.75. The van der Waals surface area contributed by atoms with Gasteiger partial charge in [-0.05, 0) is 90.2 Å². The Balaban J connectivity index is 1.60. The number of nitrogens with zero attached hydrogens (tertiary/aromatic N) is 2. The third-order valence-corrected chi connectivity index (χ3v) is 12.9. The molecule has 1 aliphatic carbocycles. The van der Waals surface area contributed by atoms with E-state index in [1.54, 1.807) is 0 Å². The predicted octanol–water partition coefficient (Wildman–Crippen LogP) is 9.30. The number of anilines is 2. The molecule has 4 aromatic carbocycles. The molecular weight excluding hydrogens is 755 g/mol. The SMILES string of the molecule is CCN(c1ccc2c(c1)[Si]C1=CC(=[N+](CC)c3ccccc3C)C=CC1=C2c1ccccc1C(=O)C(CC(F)(F)F)S(=O)(=O)C(F)(F)F)c1ccccc1C. The van der Waals surface area contributed by atoms with Gasteiger partial charge in [0.2, 0.25) is 11.4 Å². The molecular formula is C42H37F6N2O3SSi+. The van der Waals surface area contributed by atoms with Gasteiger partial charge < -0.3 is 4.90 Å². The molecule has 55 heavy (non-hydrogen) atoms. The Kier molecular flexibility index (Phi) is 11.0. The van der Waals surface area contributed by atoms with E-state index in [0.717, 1.165) is 50.4 Å². The van der Waals surface area contributed by atoms with E-state index in [2.05, 4.69) is 9.48 Å². The maximum atomic E-state index is 13.9. The van der Waals surface area contributed by atoms with Crippen LogP contribution in [0, 0.1) is 13.8 Å². The number of fused-ring (bicyclic) bond motifs is 2. The molecule has 0 fully saturated rings. The van der Waals surface area contributed by atoms with Crippen LogP contribution in [0.4, 0.5) is 43.4 Å². The summed E-state index contributed by atoms with van der Waals surface area (Å²) in [6.45, 7) is 9.30. The zero-order valence-corrected chi connectivity index (χ0v) is 32.2. The average Bonchev–Trinajstić information content (AvgIpc) is 3.13. The van der Waals surface area contributed by atoms with Crippen molar-refractivity contribution in [2.24, 2.45) is 0 Å². The van der Waals surface area contributed by atoms with E-state index in [0.29, 0.717) is 29.8 Å². The summed E-state index contributed by atoms with van der Waals surface area (Å²) in [7, 11) is -6.50. The zero-order valence-electron chi connectivity index (χ0n) is 30.4. The topological polar surface area (TPSA) is 57.5 Å². The van der Waals surface area contributed by atoms with Crippen LogP contribution >= 0.6 is 0 Å². The number of carbonyl (C=O) groups excluding carboxylic acids is 1. The minimum Gasteiger partial charge on any atom is -0.342 e. The zero-order chi connectivity index (χ0) is 39.9. The van der Waals surface area contributed by atoms with Crippen molar-refractivity contribution in [1.29, 1.82) is 0 Å². The molecule has 6 rings (SSSR count). The van der Waals surface area contributed by atoms with Crippen molar-refractivity contribution in [2.45, 2.75) is 51.1 Å². The van der Waals surface area contributed by atoms with E-state index < -0.39 is 44.5 Å². The molecule has 2 aliphatic rings. The molecule has 0 bridgehead atoms. The summed E-state index contributed by atoms with van der Waals surface area (Å²) < 4.78 is 110. The summed E-state index contributed by atoms with van der Waals surface area (Å²) in [5.74, 6) is -1.78. The lowest BCUT2D eigenvalue weighted by Crippen LogP contribution is -2.42. The molecule has 5 nitrogen and oxygen atoms in total. The van der Waals surface area contributed by atoms with Gasteiger partial charge in [-0.25, -0.2) is 8.42 Å². The minimum absolute atomic E-state index is 0.0297. The van der Waals surface area contributed by atoms with Gasteiger partial charge in [0.25, 0.3) is 9.84 Å². The molecule has 13 heteroatoms. The molecule has 0 N–H and O–H groups in total. The standard InChI is InChI=1S/C42H37F6N2O3SSi/c1-5-49(34-17-11-7-13-26(34)3)28-19-21-32-37(23-28)55-38-24-29(50(6-2)35-18-12-8-14-27(35)4)20-22-33(38)39(32)30-15-9-10-16-31(30)40(51)36(25-41(43,44)45)54(52,53)42(46,47)48/h7-24,36H,5-6,25H2,1-4H3/q+1. The Labute approximate surface area is 318 Å². The number of para-hydroxylation sites is 2. The number of halogens is 6. The van der Waals surface area contributed by atoms with Gasteiger partial charge in [-0.1, -0.05) is 66.7 Å². The lowest BCUT2D eigenvalue weighted by atomic mass is 9.85. The molecule has 1 unspecified atom stereocenters. The minimum atomic E-state index is -6.57. The van der Waals surface area contributed by atoms with Gasteiger partial charge in [0.15, 0.2) is 5.78 Å². The summed E-state index contributed by atoms with van der Waals surface area (Å²) in [6, 6.07) is 26.9. The van der Waals surface area contributed by atoms with Crippen molar-refractivity contribution in [3.8, 4) is 0 Å². The number of allylic oxidation sites excluding steroid dienone is 5. The number of alkyl halides is 6. The number of Topliss-reactive ketones (excluding diaryl/α,β-unsaturated/α-hetero) is 1. The lowest BCUT2D eigenvalue weighted by molar-refractivity contribution is -0.435. The van der Waals surface area contributed by atoms with Gasteiger partial charge in [-0.15, -0.1) is 0 Å². The van der Waals surface area contributed by atoms with Crippen molar-refractivity contribution >= 4 is 58.7 Å². The maximum absolute atomic E-state index is 13.9. The van der Waals surface area contributed by atoms with Gasteiger partial charge in [0.1, 0.15) is 21.3 Å². The molecule has 1 aliphatic heterocycles. The smallest absolute Gasteiger partial charge is 0.342 e. The fourth-order valence-corrected chi connectivity index (χ4v) is 9.70. The Hall–Kier alpha value is -5.01. The number of ketones is 1. The molecule has 4 aromatic rings. The Morgan fingerprint density at radius 2 is 1.47 bits per heavy atom. The first kappa shape index (κ1) is 39.7. The van der Waals surface area contributed by atoms with Gasteiger partial charge in [0, 0.05) is 47.3 Å². The number of carbonyl (C=O) groups is 1. The normalized spacial score (nSPS) is 15.9. The highest BCUT2D eigenvalue weighted by Crippen LogP contribution is 2.41. The van der Waals surface area contributed by atoms with Crippen molar-refractivity contribution in [3.05, 3.63) is 148 Å². The molecule has 0 spiro atoms. The second-order valence-electron chi connectivity index (χ2n) is 13.2. The molecule has 1 atom stereocenters. The van der Waals surface area contributed by atoms with Crippen molar-refractivity contribution < 1.29 is 44.1 Å². The molecule has 0 saturated carbocycles. The van der Waals surface area contributed by atoms with Gasteiger partial charge >= 0.3 is 11.7 Å². The number of rotatable bonds is 10. The van der Waals surface area contributed by atoms with Crippen molar-refractivity contribution in [3.63, 3.8) is 0 Å². The fraction of sp³-hybridized carbons (Fsp3) is 0.238. The summed E-state index contributed by atoms with van der Waals surface area (Å²) in [5, 5.41) is -1.76. The number of hydrogen-bond acceptors (Lipinski definition) is 4. The number of benzene rings is 4. The first-order chi connectivity index (χ1) is 26.0. The fourth-order valence-electron chi connectivity index (χ4n) is 7.14. The van der Waals surface area contributed by atoms with Crippen LogP contribution in [0.3, 0.4) is 0 Å². The largest absolute Gasteiger partial charge is 0.498 e. The van der Waals surface area contributed by atoms with E-state index >= 15 is 0 Å². The van der Waals surface area contributed by atoms with Crippen molar-refractivity contribution in [2.75, 3.05) is 18.0 Å². The van der Waals surface area contributed by atoms with E-state index in [9.17, 15) is 39.6 Å². The van der Waals surface area contributed by atoms with Crippen LogP contribution in [0.2, 0.25) is 0 Å². The number of sulfone groups is 1. The summed E-state index contributed by atoms with van der Waals surface area (Å²) in [6.07, 6.45) is -2.12. The van der Waals surface area contributed by atoms with Gasteiger partial charge in [0.05, 0.1) is 6.42 Å². The van der Waals surface area contributed by atoms with Crippen LogP contribution in [0.5, 0.6) is 0 Å². The molecule has 0 amide bonds. The Morgan fingerprint density at radius 1 is 0.818 bits per heavy atom.